The van der Waals surface area contributed by atoms with Gasteiger partial charge in [0.15, 0.2) is 0 Å². The first kappa shape index (κ1) is 19.5. The second kappa shape index (κ2) is 7.57. The van der Waals surface area contributed by atoms with E-state index in [0.29, 0.717) is 5.69 Å². The molecule has 2 fully saturated rings. The molecule has 4 rings (SSSR count). The molecule has 0 unspecified atom stereocenters. The number of carbonyl (C=O) groups excluding carboxylic acids is 2. The Morgan fingerprint density at radius 1 is 0.966 bits per heavy atom. The molecule has 2 heterocycles. The zero-order chi connectivity index (χ0) is 20.7. The average molecular weight is 398 g/mol. The van der Waals surface area contributed by atoms with Crippen LogP contribution in [-0.4, -0.2) is 80.2 Å². The summed E-state index contributed by atoms with van der Waals surface area (Å²) in [6.45, 7) is -0.735. The number of hydrogen-bond donors (Lipinski definition) is 4. The fourth-order valence-corrected chi connectivity index (χ4v) is 4.27. The molecule has 0 bridgehead atoms. The molecule has 0 radical (unpaired) electrons. The smallest absolute Gasteiger partial charge is 0.255 e. The molecule has 2 aromatic rings. The highest BCUT2D eigenvalue weighted by atomic mass is 16.3. The van der Waals surface area contributed by atoms with Gasteiger partial charge in [-0.3, -0.25) is 9.59 Å². The summed E-state index contributed by atoms with van der Waals surface area (Å²) < 4.78 is 0. The van der Waals surface area contributed by atoms with Crippen molar-refractivity contribution in [3.05, 3.63) is 66.2 Å². The lowest BCUT2D eigenvalue weighted by atomic mass is 9.76. The SMILES string of the molecule is O=C1[C@H]2[C@H]([C@@H](O)[C@H](O)[C@@H]([C@@H](O)CO)N2C(=O)c2ccccc2)N1c1ccccc1. The van der Waals surface area contributed by atoms with E-state index in [1.807, 2.05) is 0 Å². The summed E-state index contributed by atoms with van der Waals surface area (Å²) in [4.78, 5) is 28.7. The van der Waals surface area contributed by atoms with Crippen LogP contribution in [0.5, 0.6) is 0 Å². The molecule has 2 amide bonds. The summed E-state index contributed by atoms with van der Waals surface area (Å²) in [7, 11) is 0. The molecule has 152 valence electrons. The van der Waals surface area contributed by atoms with Crippen LogP contribution in [0.2, 0.25) is 0 Å². The zero-order valence-electron chi connectivity index (χ0n) is 15.4. The summed E-state index contributed by atoms with van der Waals surface area (Å²) in [6, 6.07) is 13.6. The quantitative estimate of drug-likeness (QED) is 0.509. The number of likely N-dealkylation sites (tertiary alicyclic amines) is 1. The molecular formula is C21H22N2O6. The van der Waals surface area contributed by atoms with E-state index >= 15 is 0 Å². The molecule has 0 spiro atoms. The Hall–Kier alpha value is -2.78. The highest BCUT2D eigenvalue weighted by molar-refractivity contribution is 6.09. The predicted octanol–water partition coefficient (Wildman–Crippen LogP) is -0.630. The van der Waals surface area contributed by atoms with Crippen LogP contribution in [0.1, 0.15) is 10.4 Å². The monoisotopic (exact) mass is 398 g/mol. The van der Waals surface area contributed by atoms with Gasteiger partial charge in [0.05, 0.1) is 18.7 Å². The Morgan fingerprint density at radius 3 is 2.14 bits per heavy atom. The largest absolute Gasteiger partial charge is 0.394 e. The van der Waals surface area contributed by atoms with E-state index in [1.54, 1.807) is 60.7 Å². The van der Waals surface area contributed by atoms with Crippen molar-refractivity contribution in [3.8, 4) is 0 Å². The molecule has 6 atom stereocenters. The minimum atomic E-state index is -1.55. The molecular weight excluding hydrogens is 376 g/mol. The maximum absolute atomic E-state index is 13.2. The third-order valence-electron chi connectivity index (χ3n) is 5.65. The molecule has 0 aromatic heterocycles. The van der Waals surface area contributed by atoms with Crippen LogP contribution in [0, 0.1) is 0 Å². The molecule has 4 N–H and O–H groups in total. The standard InChI is InChI=1S/C21H22N2O6/c24-11-14(25)15-18(26)19(27)16-17(21(29)22(16)13-9-5-2-6-10-13)23(15)20(28)12-7-3-1-4-8-12/h1-10,14-19,24-27H,11H2/t14-,15+,16+,17+,18+,19+/m0/s1. The molecule has 8 nitrogen and oxygen atoms in total. The first-order valence-corrected chi connectivity index (χ1v) is 9.38. The average Bonchev–Trinajstić information content (AvgIpc) is 2.76. The molecule has 8 heteroatoms. The minimum Gasteiger partial charge on any atom is -0.394 e. The number of para-hydroxylation sites is 1. The van der Waals surface area contributed by atoms with Gasteiger partial charge in [-0.15, -0.1) is 0 Å². The Balaban J connectivity index is 1.76. The third kappa shape index (κ3) is 3.01. The number of aliphatic hydroxyl groups excluding tert-OH is 4. The Bertz CT molecular complexity index is 893. The number of nitrogens with zero attached hydrogens (tertiary/aromatic N) is 2. The molecule has 0 saturated carbocycles. The van der Waals surface area contributed by atoms with E-state index in [9.17, 15) is 30.0 Å². The molecule has 2 aliphatic rings. The van der Waals surface area contributed by atoms with Gasteiger partial charge >= 0.3 is 0 Å². The number of piperidine rings is 1. The molecule has 0 aliphatic carbocycles. The third-order valence-corrected chi connectivity index (χ3v) is 5.65. The maximum atomic E-state index is 13.2. The predicted molar refractivity (Wildman–Crippen MR) is 103 cm³/mol. The number of benzene rings is 2. The van der Waals surface area contributed by atoms with Crippen molar-refractivity contribution in [2.75, 3.05) is 11.5 Å². The molecule has 2 saturated heterocycles. The second-order valence-corrected chi connectivity index (χ2v) is 7.28. The van der Waals surface area contributed by atoms with Crippen LogP contribution in [-0.2, 0) is 4.79 Å². The van der Waals surface area contributed by atoms with E-state index in [2.05, 4.69) is 0 Å². The van der Waals surface area contributed by atoms with Crippen LogP contribution < -0.4 is 4.90 Å². The number of aliphatic hydroxyl groups is 4. The summed E-state index contributed by atoms with van der Waals surface area (Å²) in [5.74, 6) is -0.989. The lowest BCUT2D eigenvalue weighted by Crippen LogP contribution is -2.84. The van der Waals surface area contributed by atoms with Crippen molar-refractivity contribution in [3.63, 3.8) is 0 Å². The number of hydrogen-bond acceptors (Lipinski definition) is 6. The first-order valence-electron chi connectivity index (χ1n) is 9.38. The van der Waals surface area contributed by atoms with Gasteiger partial charge in [-0.1, -0.05) is 36.4 Å². The van der Waals surface area contributed by atoms with E-state index in [1.165, 1.54) is 4.90 Å². The van der Waals surface area contributed by atoms with Gasteiger partial charge in [0.25, 0.3) is 11.8 Å². The number of amides is 2. The van der Waals surface area contributed by atoms with E-state index < -0.39 is 54.9 Å². The summed E-state index contributed by atoms with van der Waals surface area (Å²) in [5, 5.41) is 41.2. The van der Waals surface area contributed by atoms with Crippen molar-refractivity contribution in [2.45, 2.75) is 36.4 Å². The Kier molecular flexibility index (Phi) is 5.10. The van der Waals surface area contributed by atoms with Crippen molar-refractivity contribution in [1.29, 1.82) is 0 Å². The lowest BCUT2D eigenvalue weighted by Gasteiger charge is -2.60. The highest BCUT2D eigenvalue weighted by Crippen LogP contribution is 2.40. The van der Waals surface area contributed by atoms with Gasteiger partial charge in [0.1, 0.15) is 24.4 Å². The number of carbonyl (C=O) groups is 2. The Labute approximate surface area is 167 Å². The number of fused-ring (bicyclic) bond motifs is 1. The summed E-state index contributed by atoms with van der Waals surface area (Å²) >= 11 is 0. The van der Waals surface area contributed by atoms with E-state index in [-0.39, 0.29) is 5.56 Å². The first-order chi connectivity index (χ1) is 14.0. The van der Waals surface area contributed by atoms with Gasteiger partial charge in [0.2, 0.25) is 0 Å². The van der Waals surface area contributed by atoms with Crippen LogP contribution in [0.15, 0.2) is 60.7 Å². The Morgan fingerprint density at radius 2 is 1.55 bits per heavy atom. The number of rotatable bonds is 4. The topological polar surface area (TPSA) is 122 Å². The molecule has 29 heavy (non-hydrogen) atoms. The molecule has 2 aromatic carbocycles. The van der Waals surface area contributed by atoms with Gasteiger partial charge in [-0.2, -0.15) is 0 Å². The van der Waals surface area contributed by atoms with Crippen LogP contribution in [0.25, 0.3) is 0 Å². The van der Waals surface area contributed by atoms with E-state index in [4.69, 9.17) is 0 Å². The van der Waals surface area contributed by atoms with E-state index in [0.717, 1.165) is 4.90 Å². The van der Waals surface area contributed by atoms with Crippen LogP contribution in [0.3, 0.4) is 0 Å². The van der Waals surface area contributed by atoms with Crippen LogP contribution in [0.4, 0.5) is 5.69 Å². The maximum Gasteiger partial charge on any atom is 0.255 e. The van der Waals surface area contributed by atoms with Crippen LogP contribution >= 0.6 is 0 Å². The highest BCUT2D eigenvalue weighted by Gasteiger charge is 2.64. The van der Waals surface area contributed by atoms with Crippen molar-refractivity contribution in [2.24, 2.45) is 0 Å². The van der Waals surface area contributed by atoms with Gasteiger partial charge < -0.3 is 30.2 Å². The van der Waals surface area contributed by atoms with Crippen molar-refractivity contribution >= 4 is 17.5 Å². The fraction of sp³-hybridized carbons (Fsp3) is 0.333. The minimum absolute atomic E-state index is 0.274. The summed E-state index contributed by atoms with van der Waals surface area (Å²) in [5.41, 5.74) is 0.814. The normalized spacial score (nSPS) is 29.8. The van der Waals surface area contributed by atoms with Gasteiger partial charge in [-0.25, -0.2) is 0 Å². The van der Waals surface area contributed by atoms with Gasteiger partial charge in [-0.05, 0) is 24.3 Å². The summed E-state index contributed by atoms with van der Waals surface area (Å²) in [6.07, 6.45) is -4.47. The number of anilines is 1. The van der Waals surface area contributed by atoms with Crippen molar-refractivity contribution in [1.82, 2.24) is 4.90 Å². The lowest BCUT2D eigenvalue weighted by molar-refractivity contribution is -0.167. The molecule has 2 aliphatic heterocycles. The second-order valence-electron chi connectivity index (χ2n) is 7.28. The zero-order valence-corrected chi connectivity index (χ0v) is 15.4. The number of β-lactam (4-membered cyclic amide) rings is 1. The van der Waals surface area contributed by atoms with Crippen molar-refractivity contribution < 1.29 is 30.0 Å². The fourth-order valence-electron chi connectivity index (χ4n) is 4.27. The van der Waals surface area contributed by atoms with Gasteiger partial charge in [0, 0.05) is 11.3 Å².